The molecule has 64 valence electrons. The van der Waals surface area contributed by atoms with Crippen LogP contribution in [0, 0.1) is 0 Å². The van der Waals surface area contributed by atoms with Crippen LogP contribution < -0.4 is 10.1 Å². The SMILES string of the molecule is COc1ccc(NC(=S)[S-])cc1. The Hall–Kier alpha value is -0.870. The molecule has 1 N–H and O–H groups in total. The van der Waals surface area contributed by atoms with Crippen molar-refractivity contribution in [2.75, 3.05) is 12.4 Å². The molecule has 1 rings (SSSR count). The van der Waals surface area contributed by atoms with Gasteiger partial charge in [-0.25, -0.2) is 0 Å². The summed E-state index contributed by atoms with van der Waals surface area (Å²) in [5, 5.41) is 2.85. The Morgan fingerprint density at radius 2 is 2.00 bits per heavy atom. The summed E-state index contributed by atoms with van der Waals surface area (Å²) in [5.41, 5.74) is 0.885. The lowest BCUT2D eigenvalue weighted by atomic mass is 10.3. The summed E-state index contributed by atoms with van der Waals surface area (Å²) in [4.78, 5) is 0. The molecule has 0 aliphatic rings. The van der Waals surface area contributed by atoms with E-state index in [2.05, 4.69) is 5.32 Å². The number of nitrogens with one attached hydrogen (secondary N) is 1. The van der Waals surface area contributed by atoms with E-state index in [9.17, 15) is 0 Å². The smallest absolute Gasteiger partial charge is 0.119 e. The summed E-state index contributed by atoms with van der Waals surface area (Å²) in [6.45, 7) is 0. The standard InChI is InChI=1S/C8H9NOS2/c1-10-7-4-2-6(3-5-7)9-8(11)12/h2-5H,1H3,(H2,9,11,12)/p-1. The van der Waals surface area contributed by atoms with Gasteiger partial charge >= 0.3 is 0 Å². The van der Waals surface area contributed by atoms with E-state index in [4.69, 9.17) is 29.6 Å². The predicted octanol–water partition coefficient (Wildman–Crippen LogP) is 1.94. The third kappa shape index (κ3) is 2.64. The average molecular weight is 198 g/mol. The Balaban J connectivity index is 2.71. The summed E-state index contributed by atoms with van der Waals surface area (Å²) >= 11 is 9.42. The van der Waals surface area contributed by atoms with Crippen molar-refractivity contribution in [2.45, 2.75) is 0 Å². The second kappa shape index (κ2) is 4.23. The van der Waals surface area contributed by atoms with Crippen molar-refractivity contribution >= 4 is 34.9 Å². The minimum absolute atomic E-state index is 0.347. The van der Waals surface area contributed by atoms with Crippen LogP contribution in [-0.4, -0.2) is 11.4 Å². The fourth-order valence-corrected chi connectivity index (χ4v) is 1.03. The first-order chi connectivity index (χ1) is 5.72. The topological polar surface area (TPSA) is 21.3 Å². The first kappa shape index (κ1) is 9.22. The molecule has 0 bridgehead atoms. The second-order valence-corrected chi connectivity index (χ2v) is 3.22. The van der Waals surface area contributed by atoms with E-state index in [1.54, 1.807) is 7.11 Å². The molecule has 4 heteroatoms. The van der Waals surface area contributed by atoms with Crippen LogP contribution in [0.5, 0.6) is 5.75 Å². The van der Waals surface area contributed by atoms with Crippen LogP contribution in [0.3, 0.4) is 0 Å². The van der Waals surface area contributed by atoms with Gasteiger partial charge < -0.3 is 34.9 Å². The third-order valence-corrected chi connectivity index (χ3v) is 1.54. The molecule has 1 aromatic rings. The zero-order valence-corrected chi connectivity index (χ0v) is 8.17. The molecule has 0 aliphatic heterocycles. The van der Waals surface area contributed by atoms with Crippen molar-refractivity contribution in [3.8, 4) is 5.75 Å². The van der Waals surface area contributed by atoms with Crippen LogP contribution in [0.4, 0.5) is 5.69 Å². The highest BCUT2D eigenvalue weighted by Crippen LogP contribution is 2.14. The van der Waals surface area contributed by atoms with Crippen molar-refractivity contribution < 1.29 is 4.74 Å². The molecule has 0 aliphatic carbocycles. The number of rotatable bonds is 2. The molecular formula is C8H8NOS2-. The Morgan fingerprint density at radius 3 is 2.42 bits per heavy atom. The summed E-state index contributed by atoms with van der Waals surface area (Å²) in [7, 11) is 1.63. The maximum absolute atomic E-state index is 4.99. The Bertz CT molecular complexity index is 271. The molecule has 0 saturated heterocycles. The lowest BCUT2D eigenvalue weighted by Gasteiger charge is -2.09. The number of methoxy groups -OCH3 is 1. The molecule has 0 aromatic heterocycles. The summed E-state index contributed by atoms with van der Waals surface area (Å²) in [5.74, 6) is 0.816. The Kier molecular flexibility index (Phi) is 3.25. The van der Waals surface area contributed by atoms with Gasteiger partial charge in [-0.3, -0.25) is 0 Å². The van der Waals surface area contributed by atoms with Gasteiger partial charge in [0.2, 0.25) is 0 Å². The highest BCUT2D eigenvalue weighted by molar-refractivity contribution is 8.00. The van der Waals surface area contributed by atoms with Gasteiger partial charge in [-0.05, 0) is 24.3 Å². The van der Waals surface area contributed by atoms with E-state index in [0.717, 1.165) is 11.4 Å². The van der Waals surface area contributed by atoms with Gasteiger partial charge in [0.1, 0.15) is 5.75 Å². The van der Waals surface area contributed by atoms with Gasteiger partial charge in [0.25, 0.3) is 0 Å². The number of anilines is 1. The molecular weight excluding hydrogens is 190 g/mol. The molecule has 0 fully saturated rings. The van der Waals surface area contributed by atoms with Gasteiger partial charge in [-0.1, -0.05) is 4.32 Å². The zero-order chi connectivity index (χ0) is 8.97. The van der Waals surface area contributed by atoms with E-state index in [-0.39, 0.29) is 0 Å². The molecule has 0 heterocycles. The van der Waals surface area contributed by atoms with Gasteiger partial charge in [-0.15, -0.1) is 0 Å². The van der Waals surface area contributed by atoms with E-state index < -0.39 is 0 Å². The maximum Gasteiger partial charge on any atom is 0.119 e. The largest absolute Gasteiger partial charge is 0.497 e. The normalized spacial score (nSPS) is 9.08. The van der Waals surface area contributed by atoms with Crippen molar-refractivity contribution in [3.05, 3.63) is 24.3 Å². The van der Waals surface area contributed by atoms with Crippen molar-refractivity contribution in [1.82, 2.24) is 0 Å². The number of thiocarbonyl (C=S) groups is 1. The summed E-state index contributed by atoms with van der Waals surface area (Å²) in [6.07, 6.45) is 0. The Labute approximate surface area is 82.3 Å². The minimum Gasteiger partial charge on any atom is -0.497 e. The third-order valence-electron chi connectivity index (χ3n) is 1.34. The van der Waals surface area contributed by atoms with Crippen molar-refractivity contribution in [3.63, 3.8) is 0 Å². The number of hydrogen-bond donors (Lipinski definition) is 1. The second-order valence-electron chi connectivity index (χ2n) is 2.14. The molecule has 0 amide bonds. The average Bonchev–Trinajstić information content (AvgIpc) is 2.05. The highest BCUT2D eigenvalue weighted by Gasteiger charge is 1.90. The van der Waals surface area contributed by atoms with Crippen LogP contribution in [0.2, 0.25) is 0 Å². The molecule has 0 saturated carbocycles. The van der Waals surface area contributed by atoms with E-state index in [1.165, 1.54) is 0 Å². The monoisotopic (exact) mass is 198 g/mol. The van der Waals surface area contributed by atoms with Crippen molar-refractivity contribution in [2.24, 2.45) is 0 Å². The highest BCUT2D eigenvalue weighted by atomic mass is 32.1. The van der Waals surface area contributed by atoms with Gasteiger partial charge in [-0.2, -0.15) is 0 Å². The minimum atomic E-state index is 0.347. The van der Waals surface area contributed by atoms with Gasteiger partial charge in [0.05, 0.1) is 7.11 Å². The lowest BCUT2D eigenvalue weighted by molar-refractivity contribution is 0.415. The zero-order valence-electron chi connectivity index (χ0n) is 6.53. The van der Waals surface area contributed by atoms with Crippen LogP contribution in [0.25, 0.3) is 0 Å². The number of hydrogen-bond acceptors (Lipinski definition) is 3. The van der Waals surface area contributed by atoms with E-state index >= 15 is 0 Å². The maximum atomic E-state index is 4.99. The summed E-state index contributed by atoms with van der Waals surface area (Å²) < 4.78 is 5.33. The first-order valence-electron chi connectivity index (χ1n) is 3.34. The molecule has 0 unspecified atom stereocenters. The quantitative estimate of drug-likeness (QED) is 0.579. The molecule has 0 radical (unpaired) electrons. The number of benzene rings is 1. The fraction of sp³-hybridized carbons (Fsp3) is 0.125. The number of ether oxygens (including phenoxy) is 1. The predicted molar refractivity (Wildman–Crippen MR) is 56.6 cm³/mol. The molecule has 0 atom stereocenters. The first-order valence-corrected chi connectivity index (χ1v) is 4.16. The van der Waals surface area contributed by atoms with Gasteiger partial charge in [0, 0.05) is 5.69 Å². The van der Waals surface area contributed by atoms with Crippen molar-refractivity contribution in [1.29, 1.82) is 0 Å². The summed E-state index contributed by atoms with van der Waals surface area (Å²) in [6, 6.07) is 7.40. The van der Waals surface area contributed by atoms with Crippen LogP contribution in [-0.2, 0) is 12.6 Å². The molecule has 1 aromatic carbocycles. The van der Waals surface area contributed by atoms with Gasteiger partial charge in [0.15, 0.2) is 0 Å². The van der Waals surface area contributed by atoms with Crippen LogP contribution in [0.1, 0.15) is 0 Å². The Morgan fingerprint density at radius 1 is 1.42 bits per heavy atom. The molecule has 0 spiro atoms. The molecule has 2 nitrogen and oxygen atoms in total. The fourth-order valence-electron chi connectivity index (χ4n) is 0.792. The lowest BCUT2D eigenvalue weighted by Crippen LogP contribution is -2.03. The van der Waals surface area contributed by atoms with Crippen LogP contribution in [0.15, 0.2) is 24.3 Å². The van der Waals surface area contributed by atoms with E-state index in [1.807, 2.05) is 24.3 Å². The van der Waals surface area contributed by atoms with Crippen LogP contribution >= 0.6 is 12.2 Å². The van der Waals surface area contributed by atoms with E-state index in [0.29, 0.717) is 4.32 Å². The molecule has 12 heavy (non-hydrogen) atoms.